The summed E-state index contributed by atoms with van der Waals surface area (Å²) in [5, 5.41) is 0. The average Bonchev–Trinajstić information content (AvgIpc) is 2.69. The van der Waals surface area contributed by atoms with E-state index in [-0.39, 0.29) is 0 Å². The molecule has 1 atom stereocenters. The van der Waals surface area contributed by atoms with Crippen LogP contribution in [0.2, 0.25) is 0 Å². The number of pyridine rings is 1. The van der Waals surface area contributed by atoms with Crippen molar-refractivity contribution in [2.45, 2.75) is 26.3 Å². The first-order chi connectivity index (χ1) is 7.28. The highest BCUT2D eigenvalue weighted by molar-refractivity contribution is 9.10. The first-order valence-electron chi connectivity index (χ1n) is 5.60. The number of halogens is 1. The predicted octanol–water partition coefficient (Wildman–Crippen LogP) is 3.08. The quantitative estimate of drug-likeness (QED) is 0.838. The molecule has 15 heavy (non-hydrogen) atoms. The monoisotopic (exact) mass is 268 g/mol. The van der Waals surface area contributed by atoms with Crippen molar-refractivity contribution >= 4 is 15.9 Å². The van der Waals surface area contributed by atoms with E-state index < -0.39 is 0 Å². The lowest BCUT2D eigenvalue weighted by Gasteiger charge is -2.14. The van der Waals surface area contributed by atoms with Crippen molar-refractivity contribution < 1.29 is 0 Å². The molecule has 2 rings (SSSR count). The fourth-order valence-corrected chi connectivity index (χ4v) is 2.35. The van der Waals surface area contributed by atoms with Crippen LogP contribution >= 0.6 is 15.9 Å². The molecule has 2 nitrogen and oxygen atoms in total. The Bertz CT molecular complexity index is 310. The Morgan fingerprint density at radius 1 is 1.53 bits per heavy atom. The molecule has 0 saturated carbocycles. The first kappa shape index (κ1) is 11.1. The number of hydrogen-bond acceptors (Lipinski definition) is 2. The van der Waals surface area contributed by atoms with Crippen LogP contribution in [0.5, 0.6) is 0 Å². The van der Waals surface area contributed by atoms with Gasteiger partial charge in [0, 0.05) is 23.8 Å². The zero-order valence-electron chi connectivity index (χ0n) is 9.12. The molecule has 0 aromatic carbocycles. The third kappa shape index (κ3) is 3.02. The second-order valence-electron chi connectivity index (χ2n) is 4.27. The Labute approximate surface area is 99.8 Å². The predicted molar refractivity (Wildman–Crippen MR) is 65.6 cm³/mol. The maximum Gasteiger partial charge on any atom is 0.0544 e. The third-order valence-electron chi connectivity index (χ3n) is 3.12. The van der Waals surface area contributed by atoms with Crippen molar-refractivity contribution in [3.05, 3.63) is 28.5 Å². The summed E-state index contributed by atoms with van der Waals surface area (Å²) in [6.45, 7) is 5.76. The van der Waals surface area contributed by atoms with Crippen LogP contribution < -0.4 is 0 Å². The van der Waals surface area contributed by atoms with Gasteiger partial charge in [0.25, 0.3) is 0 Å². The van der Waals surface area contributed by atoms with Gasteiger partial charge in [0.1, 0.15) is 0 Å². The van der Waals surface area contributed by atoms with Crippen LogP contribution in [0.15, 0.2) is 22.8 Å². The smallest absolute Gasteiger partial charge is 0.0544 e. The summed E-state index contributed by atoms with van der Waals surface area (Å²) in [6, 6.07) is 4.17. The summed E-state index contributed by atoms with van der Waals surface area (Å²) in [5.41, 5.74) is 1.18. The first-order valence-corrected chi connectivity index (χ1v) is 6.40. The number of hydrogen-bond donors (Lipinski definition) is 0. The largest absolute Gasteiger partial charge is 0.297 e. The number of aromatic nitrogens is 1. The zero-order chi connectivity index (χ0) is 10.7. The van der Waals surface area contributed by atoms with Crippen molar-refractivity contribution in [1.82, 2.24) is 9.88 Å². The van der Waals surface area contributed by atoms with Gasteiger partial charge in [0.05, 0.1) is 5.69 Å². The van der Waals surface area contributed by atoms with E-state index in [1.165, 1.54) is 31.6 Å². The second kappa shape index (κ2) is 5.08. The maximum atomic E-state index is 4.40. The third-order valence-corrected chi connectivity index (χ3v) is 3.59. The second-order valence-corrected chi connectivity index (χ2v) is 5.18. The van der Waals surface area contributed by atoms with E-state index in [9.17, 15) is 0 Å². The summed E-state index contributed by atoms with van der Waals surface area (Å²) in [4.78, 5) is 6.91. The minimum absolute atomic E-state index is 0.903. The Morgan fingerprint density at radius 2 is 2.40 bits per heavy atom. The molecule has 0 radical (unpaired) electrons. The molecule has 0 bridgehead atoms. The molecule has 1 fully saturated rings. The lowest BCUT2D eigenvalue weighted by Crippen LogP contribution is -2.20. The highest BCUT2D eigenvalue weighted by Gasteiger charge is 2.20. The van der Waals surface area contributed by atoms with Gasteiger partial charge in [-0.2, -0.15) is 0 Å². The Kier molecular flexibility index (Phi) is 3.76. The van der Waals surface area contributed by atoms with Gasteiger partial charge in [-0.15, -0.1) is 0 Å². The van der Waals surface area contributed by atoms with E-state index in [0.29, 0.717) is 0 Å². The molecule has 1 saturated heterocycles. The molecule has 1 aromatic rings. The number of rotatable bonds is 3. The standard InChI is InChI=1S/C12H17BrN2/c1-2-10-5-6-15(8-10)9-12-4-3-11(13)7-14-12/h3-4,7,10H,2,5-6,8-9H2,1H3. The summed E-state index contributed by atoms with van der Waals surface area (Å²) in [7, 11) is 0. The van der Waals surface area contributed by atoms with Gasteiger partial charge in [0.2, 0.25) is 0 Å². The zero-order valence-corrected chi connectivity index (χ0v) is 10.7. The normalized spacial score (nSPS) is 22.1. The van der Waals surface area contributed by atoms with Crippen LogP contribution in [0.4, 0.5) is 0 Å². The summed E-state index contributed by atoms with van der Waals surface area (Å²) >= 11 is 3.40. The maximum absolute atomic E-state index is 4.40. The van der Waals surface area contributed by atoms with Gasteiger partial charge in [-0.25, -0.2) is 0 Å². The van der Waals surface area contributed by atoms with E-state index in [4.69, 9.17) is 0 Å². The van der Waals surface area contributed by atoms with Gasteiger partial charge >= 0.3 is 0 Å². The summed E-state index contributed by atoms with van der Waals surface area (Å²) in [5.74, 6) is 0.903. The molecule has 0 N–H and O–H groups in total. The van der Waals surface area contributed by atoms with Gasteiger partial charge in [-0.1, -0.05) is 13.3 Å². The van der Waals surface area contributed by atoms with E-state index >= 15 is 0 Å². The fraction of sp³-hybridized carbons (Fsp3) is 0.583. The summed E-state index contributed by atoms with van der Waals surface area (Å²) in [6.07, 6.45) is 4.54. The Balaban J connectivity index is 1.90. The molecular formula is C12H17BrN2. The topological polar surface area (TPSA) is 16.1 Å². The van der Waals surface area contributed by atoms with E-state index in [1.807, 2.05) is 6.20 Å². The van der Waals surface area contributed by atoms with Crippen LogP contribution in [0.3, 0.4) is 0 Å². The van der Waals surface area contributed by atoms with Crippen molar-refractivity contribution in [2.75, 3.05) is 13.1 Å². The SMILES string of the molecule is CCC1CCN(Cc2ccc(Br)cn2)C1. The van der Waals surface area contributed by atoms with Gasteiger partial charge < -0.3 is 0 Å². The molecule has 0 amide bonds. The minimum atomic E-state index is 0.903. The van der Waals surface area contributed by atoms with Crippen molar-refractivity contribution in [3.8, 4) is 0 Å². The fourth-order valence-electron chi connectivity index (χ4n) is 2.12. The molecule has 2 heterocycles. The molecule has 1 aliphatic rings. The van der Waals surface area contributed by atoms with E-state index in [0.717, 1.165) is 16.9 Å². The van der Waals surface area contributed by atoms with Crippen LogP contribution in [0.25, 0.3) is 0 Å². The highest BCUT2D eigenvalue weighted by atomic mass is 79.9. The van der Waals surface area contributed by atoms with Crippen molar-refractivity contribution in [2.24, 2.45) is 5.92 Å². The van der Waals surface area contributed by atoms with Gasteiger partial charge in [-0.05, 0) is 46.9 Å². The van der Waals surface area contributed by atoms with Crippen LogP contribution in [-0.2, 0) is 6.54 Å². The molecule has 1 unspecified atom stereocenters. The lowest BCUT2D eigenvalue weighted by atomic mass is 10.1. The molecule has 1 aromatic heterocycles. The van der Waals surface area contributed by atoms with Crippen LogP contribution in [0, 0.1) is 5.92 Å². The van der Waals surface area contributed by atoms with Crippen molar-refractivity contribution in [3.63, 3.8) is 0 Å². The molecule has 0 spiro atoms. The van der Waals surface area contributed by atoms with Crippen LogP contribution in [0.1, 0.15) is 25.5 Å². The molecular weight excluding hydrogens is 252 g/mol. The minimum Gasteiger partial charge on any atom is -0.297 e. The highest BCUT2D eigenvalue weighted by Crippen LogP contribution is 2.20. The molecule has 0 aliphatic carbocycles. The number of nitrogens with zero attached hydrogens (tertiary/aromatic N) is 2. The summed E-state index contributed by atoms with van der Waals surface area (Å²) < 4.78 is 1.05. The molecule has 82 valence electrons. The average molecular weight is 269 g/mol. The Morgan fingerprint density at radius 3 is 3.00 bits per heavy atom. The van der Waals surface area contributed by atoms with Gasteiger partial charge in [-0.3, -0.25) is 9.88 Å². The van der Waals surface area contributed by atoms with E-state index in [2.05, 4.69) is 44.9 Å². The van der Waals surface area contributed by atoms with Crippen LogP contribution in [-0.4, -0.2) is 23.0 Å². The molecule has 3 heteroatoms. The number of likely N-dealkylation sites (tertiary alicyclic amines) is 1. The Hall–Kier alpha value is -0.410. The van der Waals surface area contributed by atoms with Crippen molar-refractivity contribution in [1.29, 1.82) is 0 Å². The lowest BCUT2D eigenvalue weighted by molar-refractivity contribution is 0.311. The van der Waals surface area contributed by atoms with E-state index in [1.54, 1.807) is 0 Å². The van der Waals surface area contributed by atoms with Gasteiger partial charge in [0.15, 0.2) is 0 Å². The molecule has 1 aliphatic heterocycles.